The zero-order chi connectivity index (χ0) is 13.8. The Morgan fingerprint density at radius 1 is 1.29 bits per heavy atom. The van der Waals surface area contributed by atoms with Crippen molar-refractivity contribution in [3.05, 3.63) is 33.6 Å². The van der Waals surface area contributed by atoms with Gasteiger partial charge >= 0.3 is 0 Å². The lowest BCUT2D eigenvalue weighted by Crippen LogP contribution is -2.45. The molecular weight excluding hydrogens is 359 g/mol. The molecule has 1 saturated heterocycles. The first-order valence-electron chi connectivity index (χ1n) is 6.10. The summed E-state index contributed by atoms with van der Waals surface area (Å²) in [6, 6.07) is 4.49. The minimum absolute atomic E-state index is 0. The fourth-order valence-corrected chi connectivity index (χ4v) is 2.79. The Hall–Kier alpha value is -0.280. The quantitative estimate of drug-likeness (QED) is 0.817. The number of rotatable bonds is 3. The van der Waals surface area contributed by atoms with Gasteiger partial charge < -0.3 is 5.32 Å². The van der Waals surface area contributed by atoms with Crippen molar-refractivity contribution in [2.45, 2.75) is 12.5 Å². The molecule has 8 heteroatoms. The molecule has 0 radical (unpaired) electrons. The van der Waals surface area contributed by atoms with Crippen LogP contribution in [0.15, 0.2) is 12.1 Å². The summed E-state index contributed by atoms with van der Waals surface area (Å²) >= 11 is 12.1. The van der Waals surface area contributed by atoms with E-state index >= 15 is 0 Å². The molecule has 1 aliphatic rings. The Labute approximate surface area is 146 Å². The van der Waals surface area contributed by atoms with Crippen molar-refractivity contribution in [1.82, 2.24) is 10.2 Å². The molecule has 3 nitrogen and oxygen atoms in total. The third kappa shape index (κ3) is 4.85. The van der Waals surface area contributed by atoms with Gasteiger partial charge in [-0.3, -0.25) is 4.90 Å². The van der Waals surface area contributed by atoms with E-state index in [9.17, 15) is 4.39 Å². The summed E-state index contributed by atoms with van der Waals surface area (Å²) < 4.78 is 14.1. The number of benzene rings is 1. The van der Waals surface area contributed by atoms with E-state index in [1.165, 1.54) is 12.1 Å². The fourth-order valence-electron chi connectivity index (χ4n) is 2.34. The van der Waals surface area contributed by atoms with Crippen LogP contribution in [0, 0.1) is 17.1 Å². The van der Waals surface area contributed by atoms with Crippen molar-refractivity contribution >= 4 is 48.0 Å². The third-order valence-electron chi connectivity index (χ3n) is 3.29. The first-order valence-corrected chi connectivity index (χ1v) is 6.86. The lowest BCUT2D eigenvalue weighted by Gasteiger charge is -2.34. The minimum Gasteiger partial charge on any atom is -0.314 e. The Bertz CT molecular complexity index is 501. The minimum atomic E-state index is -0.409. The molecule has 2 rings (SSSR count). The molecule has 0 aromatic heterocycles. The van der Waals surface area contributed by atoms with Crippen LogP contribution in [0.5, 0.6) is 0 Å². The molecule has 21 heavy (non-hydrogen) atoms. The van der Waals surface area contributed by atoms with Gasteiger partial charge in [0.15, 0.2) is 0 Å². The second-order valence-electron chi connectivity index (χ2n) is 4.42. The SMILES string of the molecule is Cl.Cl.N#CC[C@@H](c1c(F)ccc(Cl)c1Cl)N1CCNCC1. The van der Waals surface area contributed by atoms with E-state index in [-0.39, 0.29) is 42.3 Å². The molecule has 1 N–H and O–H groups in total. The van der Waals surface area contributed by atoms with Crippen LogP contribution in [0.1, 0.15) is 18.0 Å². The molecule has 1 fully saturated rings. The molecule has 0 amide bonds. The first-order chi connectivity index (χ1) is 9.15. The van der Waals surface area contributed by atoms with Gasteiger partial charge in [-0.1, -0.05) is 23.2 Å². The van der Waals surface area contributed by atoms with Gasteiger partial charge in [0.05, 0.1) is 28.6 Å². The molecule has 0 unspecified atom stereocenters. The number of piperazine rings is 1. The summed E-state index contributed by atoms with van der Waals surface area (Å²) in [6.45, 7) is 3.16. The van der Waals surface area contributed by atoms with Gasteiger partial charge in [-0.05, 0) is 12.1 Å². The van der Waals surface area contributed by atoms with Gasteiger partial charge in [-0.25, -0.2) is 4.39 Å². The van der Waals surface area contributed by atoms with Crippen LogP contribution >= 0.6 is 48.0 Å². The largest absolute Gasteiger partial charge is 0.314 e. The Morgan fingerprint density at radius 3 is 2.48 bits per heavy atom. The van der Waals surface area contributed by atoms with E-state index in [1.807, 2.05) is 0 Å². The predicted molar refractivity (Wildman–Crippen MR) is 88.3 cm³/mol. The van der Waals surface area contributed by atoms with Crippen LogP contribution in [-0.2, 0) is 0 Å². The van der Waals surface area contributed by atoms with E-state index in [0.717, 1.165) is 26.2 Å². The van der Waals surface area contributed by atoms with Crippen molar-refractivity contribution in [2.24, 2.45) is 0 Å². The smallest absolute Gasteiger partial charge is 0.129 e. The number of nitrogens with zero attached hydrogens (tertiary/aromatic N) is 2. The topological polar surface area (TPSA) is 39.1 Å². The lowest BCUT2D eigenvalue weighted by molar-refractivity contribution is 0.172. The molecular formula is C13H16Cl4FN3. The van der Waals surface area contributed by atoms with E-state index in [2.05, 4.69) is 16.3 Å². The van der Waals surface area contributed by atoms with E-state index in [4.69, 9.17) is 28.5 Å². The standard InChI is InChI=1S/C13H14Cl2FN3.2ClH/c14-9-1-2-10(16)12(13(9)15)11(3-4-17)19-7-5-18-6-8-19;;/h1-2,11,18H,3,5-8H2;2*1H/t11-;;/m0../s1. The summed E-state index contributed by atoms with van der Waals surface area (Å²) in [5.41, 5.74) is 0.331. The van der Waals surface area contributed by atoms with E-state index in [0.29, 0.717) is 10.6 Å². The van der Waals surface area contributed by atoms with Crippen molar-refractivity contribution in [1.29, 1.82) is 5.26 Å². The van der Waals surface area contributed by atoms with E-state index < -0.39 is 5.82 Å². The van der Waals surface area contributed by atoms with Crippen molar-refractivity contribution in [2.75, 3.05) is 26.2 Å². The molecule has 0 spiro atoms. The van der Waals surface area contributed by atoms with Crippen molar-refractivity contribution in [3.8, 4) is 6.07 Å². The monoisotopic (exact) mass is 373 g/mol. The molecule has 1 aromatic carbocycles. The molecule has 1 atom stereocenters. The van der Waals surface area contributed by atoms with Gasteiger partial charge in [0.2, 0.25) is 0 Å². The lowest BCUT2D eigenvalue weighted by atomic mass is 10.0. The van der Waals surface area contributed by atoms with Gasteiger partial charge in [0.25, 0.3) is 0 Å². The molecule has 1 aromatic rings. The second-order valence-corrected chi connectivity index (χ2v) is 5.21. The number of hydrogen-bond acceptors (Lipinski definition) is 3. The maximum atomic E-state index is 14.1. The molecule has 1 aliphatic heterocycles. The number of nitriles is 1. The Balaban J connectivity index is 0.00000200. The maximum Gasteiger partial charge on any atom is 0.129 e. The average Bonchev–Trinajstić information content (AvgIpc) is 2.43. The summed E-state index contributed by atoms with van der Waals surface area (Å²) in [7, 11) is 0. The zero-order valence-corrected chi connectivity index (χ0v) is 14.3. The van der Waals surface area contributed by atoms with Crippen LogP contribution < -0.4 is 5.32 Å². The molecule has 118 valence electrons. The Kier molecular flexibility index (Phi) is 9.55. The zero-order valence-electron chi connectivity index (χ0n) is 11.1. The van der Waals surface area contributed by atoms with Gasteiger partial charge in [-0.15, -0.1) is 24.8 Å². The van der Waals surface area contributed by atoms with Crippen LogP contribution in [0.3, 0.4) is 0 Å². The van der Waals surface area contributed by atoms with Crippen LogP contribution in [-0.4, -0.2) is 31.1 Å². The predicted octanol–water partition coefficient (Wildman–Crippen LogP) is 3.84. The fraction of sp³-hybridized carbons (Fsp3) is 0.462. The maximum absolute atomic E-state index is 14.1. The van der Waals surface area contributed by atoms with E-state index in [1.54, 1.807) is 0 Å². The van der Waals surface area contributed by atoms with Gasteiger partial charge in [-0.2, -0.15) is 5.26 Å². The van der Waals surface area contributed by atoms with Crippen molar-refractivity contribution in [3.63, 3.8) is 0 Å². The third-order valence-corrected chi connectivity index (χ3v) is 4.11. The second kappa shape index (κ2) is 9.68. The van der Waals surface area contributed by atoms with Crippen molar-refractivity contribution < 1.29 is 4.39 Å². The first kappa shape index (κ1) is 20.7. The molecule has 0 bridgehead atoms. The summed E-state index contributed by atoms with van der Waals surface area (Å²) in [4.78, 5) is 2.07. The highest BCUT2D eigenvalue weighted by molar-refractivity contribution is 6.42. The highest BCUT2D eigenvalue weighted by atomic mass is 35.5. The van der Waals surface area contributed by atoms with Gasteiger partial charge in [0, 0.05) is 31.7 Å². The highest BCUT2D eigenvalue weighted by Crippen LogP contribution is 2.36. The summed E-state index contributed by atoms with van der Waals surface area (Å²) in [6.07, 6.45) is 0.191. The molecule has 0 saturated carbocycles. The molecule has 0 aliphatic carbocycles. The normalized spacial score (nSPS) is 16.3. The van der Waals surface area contributed by atoms with Gasteiger partial charge in [0.1, 0.15) is 5.82 Å². The summed E-state index contributed by atoms with van der Waals surface area (Å²) in [5.74, 6) is -0.409. The number of halogens is 5. The average molecular weight is 375 g/mol. The Morgan fingerprint density at radius 2 is 1.90 bits per heavy atom. The van der Waals surface area contributed by atoms with Crippen LogP contribution in [0.25, 0.3) is 0 Å². The van der Waals surface area contributed by atoms with Crippen LogP contribution in [0.4, 0.5) is 4.39 Å². The number of nitrogens with one attached hydrogen (secondary N) is 1. The highest BCUT2D eigenvalue weighted by Gasteiger charge is 2.27. The van der Waals surface area contributed by atoms with Crippen LogP contribution in [0.2, 0.25) is 10.0 Å². The summed E-state index contributed by atoms with van der Waals surface area (Å²) in [5, 5.41) is 12.7. The number of hydrogen-bond donors (Lipinski definition) is 1. The molecule has 1 heterocycles.